The van der Waals surface area contributed by atoms with Gasteiger partial charge >= 0.3 is 0 Å². The molecule has 0 bridgehead atoms. The molecular formula is C22H22N2O3. The van der Waals surface area contributed by atoms with Crippen molar-refractivity contribution in [1.82, 2.24) is 10.5 Å². The monoisotopic (exact) mass is 362 g/mol. The quantitative estimate of drug-likeness (QED) is 0.717. The molecule has 1 amide bonds. The van der Waals surface area contributed by atoms with E-state index in [-0.39, 0.29) is 5.91 Å². The van der Waals surface area contributed by atoms with Crippen LogP contribution in [0.15, 0.2) is 59.1 Å². The van der Waals surface area contributed by atoms with E-state index in [4.69, 9.17) is 9.26 Å². The Labute approximate surface area is 158 Å². The fourth-order valence-corrected chi connectivity index (χ4v) is 3.65. The maximum absolute atomic E-state index is 12.4. The number of rotatable bonds is 6. The van der Waals surface area contributed by atoms with E-state index in [2.05, 4.69) is 28.7 Å². The van der Waals surface area contributed by atoms with Crippen LogP contribution in [0.3, 0.4) is 0 Å². The molecule has 5 heteroatoms. The minimum Gasteiger partial charge on any atom is -0.497 e. The summed E-state index contributed by atoms with van der Waals surface area (Å²) in [5, 5.41) is 7.04. The lowest BCUT2D eigenvalue weighted by molar-refractivity contribution is -0.121. The fraction of sp³-hybridized carbons (Fsp3) is 0.273. The van der Waals surface area contributed by atoms with E-state index in [1.807, 2.05) is 36.4 Å². The first-order valence-corrected chi connectivity index (χ1v) is 9.17. The molecule has 1 aromatic heterocycles. The summed E-state index contributed by atoms with van der Waals surface area (Å²) in [5.74, 6) is 1.74. The zero-order valence-electron chi connectivity index (χ0n) is 15.3. The SMILES string of the molecule is COc1cccc(-c2cc(CNC(=O)CC3CCc4ccccc43)on2)c1. The van der Waals surface area contributed by atoms with Crippen molar-refractivity contribution in [3.05, 3.63) is 71.5 Å². The van der Waals surface area contributed by atoms with E-state index in [1.54, 1.807) is 7.11 Å². The van der Waals surface area contributed by atoms with Crippen molar-refractivity contribution in [2.45, 2.75) is 31.7 Å². The van der Waals surface area contributed by atoms with E-state index in [0.29, 0.717) is 24.6 Å². The molecule has 2 aromatic carbocycles. The largest absolute Gasteiger partial charge is 0.497 e. The summed E-state index contributed by atoms with van der Waals surface area (Å²) in [5.41, 5.74) is 4.32. The van der Waals surface area contributed by atoms with E-state index in [1.165, 1.54) is 11.1 Å². The molecule has 5 nitrogen and oxygen atoms in total. The maximum Gasteiger partial charge on any atom is 0.220 e. The summed E-state index contributed by atoms with van der Waals surface area (Å²) in [6.45, 7) is 0.337. The van der Waals surface area contributed by atoms with Crippen molar-refractivity contribution in [2.75, 3.05) is 7.11 Å². The number of aryl methyl sites for hydroxylation is 1. The van der Waals surface area contributed by atoms with Crippen molar-refractivity contribution in [1.29, 1.82) is 0 Å². The number of methoxy groups -OCH3 is 1. The lowest BCUT2D eigenvalue weighted by Crippen LogP contribution is -2.24. The molecule has 1 aliphatic rings. The number of fused-ring (bicyclic) bond motifs is 1. The third kappa shape index (κ3) is 3.87. The number of carbonyl (C=O) groups excluding carboxylic acids is 1. The van der Waals surface area contributed by atoms with Gasteiger partial charge in [0.1, 0.15) is 11.4 Å². The number of hydrogen-bond acceptors (Lipinski definition) is 4. The van der Waals surface area contributed by atoms with Crippen LogP contribution in [0.4, 0.5) is 0 Å². The van der Waals surface area contributed by atoms with Crippen LogP contribution < -0.4 is 10.1 Å². The van der Waals surface area contributed by atoms with E-state index in [9.17, 15) is 4.79 Å². The van der Waals surface area contributed by atoms with Gasteiger partial charge in [-0.05, 0) is 42.0 Å². The molecule has 1 unspecified atom stereocenters. The molecule has 0 aliphatic heterocycles. The van der Waals surface area contributed by atoms with Gasteiger partial charge in [0.05, 0.1) is 13.7 Å². The Morgan fingerprint density at radius 2 is 2.11 bits per heavy atom. The Hall–Kier alpha value is -3.08. The summed E-state index contributed by atoms with van der Waals surface area (Å²) >= 11 is 0. The predicted octanol–water partition coefficient (Wildman–Crippen LogP) is 4.09. The fourth-order valence-electron chi connectivity index (χ4n) is 3.65. The van der Waals surface area contributed by atoms with Crippen LogP contribution in [0, 0.1) is 0 Å². The molecule has 4 rings (SSSR count). The van der Waals surface area contributed by atoms with Crippen molar-refractivity contribution in [3.8, 4) is 17.0 Å². The standard InChI is InChI=1S/C22H22N2O3/c1-26-18-7-4-6-17(11-18)21-13-19(27-24-21)14-23-22(25)12-16-10-9-15-5-2-3-8-20(15)16/h2-8,11,13,16H,9-10,12,14H2,1H3,(H,23,25). The Bertz CT molecular complexity index is 948. The zero-order valence-corrected chi connectivity index (χ0v) is 15.3. The minimum atomic E-state index is 0.0380. The molecule has 0 saturated carbocycles. The van der Waals surface area contributed by atoms with Crippen molar-refractivity contribution in [3.63, 3.8) is 0 Å². The van der Waals surface area contributed by atoms with E-state index < -0.39 is 0 Å². The molecule has 1 heterocycles. The number of nitrogens with zero attached hydrogens (tertiary/aromatic N) is 1. The van der Waals surface area contributed by atoms with Crippen molar-refractivity contribution in [2.24, 2.45) is 0 Å². The molecule has 1 atom stereocenters. The highest BCUT2D eigenvalue weighted by molar-refractivity contribution is 5.77. The topological polar surface area (TPSA) is 64.4 Å². The molecule has 1 N–H and O–H groups in total. The highest BCUT2D eigenvalue weighted by atomic mass is 16.5. The lowest BCUT2D eigenvalue weighted by Gasteiger charge is -2.11. The molecule has 138 valence electrons. The number of aromatic nitrogens is 1. The second kappa shape index (κ2) is 7.66. The molecule has 27 heavy (non-hydrogen) atoms. The van der Waals surface area contributed by atoms with Crippen LogP contribution in [0.25, 0.3) is 11.3 Å². The molecule has 3 aromatic rings. The predicted molar refractivity (Wildman–Crippen MR) is 102 cm³/mol. The number of hydrogen-bond donors (Lipinski definition) is 1. The Morgan fingerprint density at radius 3 is 3.00 bits per heavy atom. The highest BCUT2D eigenvalue weighted by Crippen LogP contribution is 2.35. The van der Waals surface area contributed by atoms with Gasteiger partial charge in [0.25, 0.3) is 0 Å². The van der Waals surface area contributed by atoms with Crippen LogP contribution in [0.1, 0.15) is 35.6 Å². The third-order valence-corrected chi connectivity index (χ3v) is 5.07. The lowest BCUT2D eigenvalue weighted by atomic mass is 9.97. The second-order valence-corrected chi connectivity index (χ2v) is 6.83. The average Bonchev–Trinajstić information content (AvgIpc) is 3.34. The van der Waals surface area contributed by atoms with Gasteiger partial charge in [-0.25, -0.2) is 0 Å². The van der Waals surface area contributed by atoms with Crippen LogP contribution in [-0.4, -0.2) is 18.2 Å². The number of amides is 1. The molecular weight excluding hydrogens is 340 g/mol. The summed E-state index contributed by atoms with van der Waals surface area (Å²) < 4.78 is 10.6. The molecule has 0 fully saturated rings. The van der Waals surface area contributed by atoms with E-state index >= 15 is 0 Å². The van der Waals surface area contributed by atoms with Crippen LogP contribution >= 0.6 is 0 Å². The number of benzene rings is 2. The maximum atomic E-state index is 12.4. The average molecular weight is 362 g/mol. The van der Waals surface area contributed by atoms with Gasteiger partial charge in [-0.15, -0.1) is 0 Å². The van der Waals surface area contributed by atoms with Crippen molar-refractivity contribution >= 4 is 5.91 Å². The normalized spacial score (nSPS) is 15.4. The second-order valence-electron chi connectivity index (χ2n) is 6.83. The van der Waals surface area contributed by atoms with Crippen LogP contribution in [0.5, 0.6) is 5.75 Å². The number of nitrogens with one attached hydrogen (secondary N) is 1. The minimum absolute atomic E-state index is 0.0380. The Kier molecular flexibility index (Phi) is 4.92. The molecule has 1 aliphatic carbocycles. The van der Waals surface area contributed by atoms with Gasteiger partial charge in [0, 0.05) is 18.1 Å². The summed E-state index contributed by atoms with van der Waals surface area (Å²) in [4.78, 5) is 12.4. The van der Waals surface area contributed by atoms with Gasteiger partial charge in [0.15, 0.2) is 5.76 Å². The highest BCUT2D eigenvalue weighted by Gasteiger charge is 2.24. The third-order valence-electron chi connectivity index (χ3n) is 5.07. The van der Waals surface area contributed by atoms with Gasteiger partial charge in [-0.2, -0.15) is 0 Å². The number of ether oxygens (including phenoxy) is 1. The summed E-state index contributed by atoms with van der Waals surface area (Å²) in [6.07, 6.45) is 2.60. The Balaban J connectivity index is 1.34. The van der Waals surface area contributed by atoms with Gasteiger partial charge in [-0.1, -0.05) is 41.6 Å². The smallest absolute Gasteiger partial charge is 0.220 e. The first kappa shape index (κ1) is 17.3. The summed E-state index contributed by atoms with van der Waals surface area (Å²) in [6, 6.07) is 17.9. The first-order valence-electron chi connectivity index (χ1n) is 9.17. The van der Waals surface area contributed by atoms with Crippen LogP contribution in [-0.2, 0) is 17.8 Å². The summed E-state index contributed by atoms with van der Waals surface area (Å²) in [7, 11) is 1.63. The van der Waals surface area contributed by atoms with Crippen LogP contribution in [0.2, 0.25) is 0 Å². The molecule has 0 spiro atoms. The number of carbonyl (C=O) groups is 1. The van der Waals surface area contributed by atoms with Gasteiger partial charge in [-0.3, -0.25) is 4.79 Å². The van der Waals surface area contributed by atoms with Gasteiger partial charge < -0.3 is 14.6 Å². The van der Waals surface area contributed by atoms with Gasteiger partial charge in [0.2, 0.25) is 5.91 Å². The first-order chi connectivity index (χ1) is 13.2. The zero-order chi connectivity index (χ0) is 18.6. The molecule has 0 saturated heterocycles. The van der Waals surface area contributed by atoms with Crippen molar-refractivity contribution < 1.29 is 14.1 Å². The molecule has 0 radical (unpaired) electrons. The Morgan fingerprint density at radius 1 is 1.22 bits per heavy atom. The van der Waals surface area contributed by atoms with E-state index in [0.717, 1.165) is 29.8 Å².